The minimum atomic E-state index is -1.21. The number of aromatic carboxylic acids is 1. The average Bonchev–Trinajstić information content (AvgIpc) is 2.51. The fraction of sp³-hybridized carbons (Fsp3) is 0.381. The lowest BCUT2D eigenvalue weighted by atomic mass is 9.73. The number of phenols is 2. The number of carboxylic acids is 1. The fourth-order valence-corrected chi connectivity index (χ4v) is 3.53. The second-order valence-corrected chi connectivity index (χ2v) is 6.77. The number of hydrogen-bond donors (Lipinski definition) is 3. The highest BCUT2D eigenvalue weighted by Crippen LogP contribution is 2.48. The van der Waals surface area contributed by atoms with Gasteiger partial charge < -0.3 is 15.3 Å². The van der Waals surface area contributed by atoms with Crippen molar-refractivity contribution in [3.05, 3.63) is 52.6 Å². The van der Waals surface area contributed by atoms with Crippen LogP contribution < -0.4 is 0 Å². The van der Waals surface area contributed by atoms with Crippen molar-refractivity contribution in [2.75, 3.05) is 0 Å². The lowest BCUT2D eigenvalue weighted by Crippen LogP contribution is -2.18. The van der Waals surface area contributed by atoms with Gasteiger partial charge in [0, 0.05) is 11.5 Å². The Labute approximate surface area is 148 Å². The molecule has 0 bridgehead atoms. The van der Waals surface area contributed by atoms with Gasteiger partial charge in [0.1, 0.15) is 17.1 Å². The summed E-state index contributed by atoms with van der Waals surface area (Å²) >= 11 is 0. The minimum Gasteiger partial charge on any atom is -0.507 e. The highest BCUT2D eigenvalue weighted by molar-refractivity contribution is 5.96. The van der Waals surface area contributed by atoms with Gasteiger partial charge in [-0.1, -0.05) is 42.9 Å². The fourth-order valence-electron chi connectivity index (χ4n) is 3.53. The molecule has 0 heterocycles. The molecule has 4 heteroatoms. The van der Waals surface area contributed by atoms with Gasteiger partial charge >= 0.3 is 5.97 Å². The zero-order valence-electron chi connectivity index (χ0n) is 15.0. The van der Waals surface area contributed by atoms with Crippen LogP contribution in [0.25, 0.3) is 6.08 Å². The normalized spacial score (nSPS) is 20.5. The van der Waals surface area contributed by atoms with Crippen LogP contribution >= 0.6 is 0 Å². The molecule has 0 unspecified atom stereocenters. The molecule has 0 spiro atoms. The molecule has 134 valence electrons. The van der Waals surface area contributed by atoms with Crippen molar-refractivity contribution in [3.8, 4) is 11.5 Å². The van der Waals surface area contributed by atoms with E-state index in [1.54, 1.807) is 12.2 Å². The third kappa shape index (κ3) is 3.78. The minimum absolute atomic E-state index is 0.0548. The Morgan fingerprint density at radius 3 is 2.64 bits per heavy atom. The Kier molecular flexibility index (Phi) is 5.73. The van der Waals surface area contributed by atoms with Gasteiger partial charge in [-0.25, -0.2) is 4.79 Å². The quantitative estimate of drug-likeness (QED) is 0.640. The lowest BCUT2D eigenvalue weighted by Gasteiger charge is -2.31. The van der Waals surface area contributed by atoms with Gasteiger partial charge in [-0.15, -0.1) is 0 Å². The molecule has 1 aromatic carbocycles. The van der Waals surface area contributed by atoms with E-state index in [0.717, 1.165) is 30.4 Å². The summed E-state index contributed by atoms with van der Waals surface area (Å²) in [6.07, 6.45) is 7.93. The molecule has 0 aromatic heterocycles. The molecule has 2 rings (SSSR count). The number of aromatic hydroxyl groups is 2. The molecule has 25 heavy (non-hydrogen) atoms. The number of carboxylic acid groups (broad SMARTS) is 1. The molecule has 0 saturated heterocycles. The van der Waals surface area contributed by atoms with Crippen LogP contribution in [0.3, 0.4) is 0 Å². The standard InChI is InChI=1S/C21H26O4/c1-5-6-7-14-11-17(22)19(20(23)18(14)21(24)25)16-10-13(4)8-9-15(16)12(2)3/h6-7,10-11,15-16,22-23H,2,5,8-9H2,1,3-4H3,(H,24,25)/b7-6+/t15-,16+/m0/s1. The van der Waals surface area contributed by atoms with E-state index in [1.165, 1.54) is 6.07 Å². The van der Waals surface area contributed by atoms with Crippen LogP contribution in [0.15, 0.2) is 35.9 Å². The first kappa shape index (κ1) is 18.8. The maximum absolute atomic E-state index is 11.7. The Hall–Kier alpha value is -2.49. The summed E-state index contributed by atoms with van der Waals surface area (Å²) in [4.78, 5) is 11.7. The molecule has 1 aromatic rings. The van der Waals surface area contributed by atoms with Crippen molar-refractivity contribution in [3.63, 3.8) is 0 Å². The number of benzene rings is 1. The maximum Gasteiger partial charge on any atom is 0.340 e. The zero-order chi connectivity index (χ0) is 18.7. The van der Waals surface area contributed by atoms with Gasteiger partial charge in [0.05, 0.1) is 0 Å². The molecule has 1 aliphatic rings. The van der Waals surface area contributed by atoms with E-state index < -0.39 is 5.97 Å². The van der Waals surface area contributed by atoms with Gasteiger partial charge in [0.2, 0.25) is 0 Å². The van der Waals surface area contributed by atoms with Crippen LogP contribution in [0.1, 0.15) is 67.4 Å². The molecular weight excluding hydrogens is 316 g/mol. The molecule has 0 radical (unpaired) electrons. The van der Waals surface area contributed by atoms with Gasteiger partial charge in [0.15, 0.2) is 0 Å². The number of hydrogen-bond acceptors (Lipinski definition) is 3. The summed E-state index contributed by atoms with van der Waals surface area (Å²) in [6.45, 7) is 9.90. The average molecular weight is 342 g/mol. The Morgan fingerprint density at radius 2 is 2.08 bits per heavy atom. The van der Waals surface area contributed by atoms with Crippen LogP contribution in [0.2, 0.25) is 0 Å². The Balaban J connectivity index is 2.70. The van der Waals surface area contributed by atoms with Crippen LogP contribution in [0.4, 0.5) is 0 Å². The van der Waals surface area contributed by atoms with Crippen LogP contribution in [0.5, 0.6) is 11.5 Å². The summed E-state index contributed by atoms with van der Waals surface area (Å²) in [5.41, 5.74) is 2.52. The highest BCUT2D eigenvalue weighted by atomic mass is 16.4. The van der Waals surface area contributed by atoms with Crippen molar-refractivity contribution in [1.82, 2.24) is 0 Å². The van der Waals surface area contributed by atoms with Crippen LogP contribution in [-0.4, -0.2) is 21.3 Å². The molecule has 0 amide bonds. The predicted octanol–water partition coefficient (Wildman–Crippen LogP) is 5.24. The van der Waals surface area contributed by atoms with Gasteiger partial charge in [-0.05, 0) is 50.7 Å². The highest BCUT2D eigenvalue weighted by Gasteiger charge is 2.32. The Bertz CT molecular complexity index is 756. The first-order chi connectivity index (χ1) is 11.8. The molecule has 0 aliphatic heterocycles. The second kappa shape index (κ2) is 7.60. The van der Waals surface area contributed by atoms with Crippen molar-refractivity contribution in [2.45, 2.75) is 46.0 Å². The smallest absolute Gasteiger partial charge is 0.340 e. The van der Waals surface area contributed by atoms with Gasteiger partial charge in [0.25, 0.3) is 0 Å². The molecule has 2 atom stereocenters. The summed E-state index contributed by atoms with van der Waals surface area (Å²) in [5, 5.41) is 30.9. The number of carbonyl (C=O) groups is 1. The molecule has 3 N–H and O–H groups in total. The van der Waals surface area contributed by atoms with E-state index in [4.69, 9.17) is 0 Å². The summed E-state index contributed by atoms with van der Waals surface area (Å²) in [5.74, 6) is -1.88. The Morgan fingerprint density at radius 1 is 1.40 bits per heavy atom. The van der Waals surface area contributed by atoms with E-state index >= 15 is 0 Å². The van der Waals surface area contributed by atoms with E-state index in [1.807, 2.05) is 26.8 Å². The van der Waals surface area contributed by atoms with Crippen molar-refractivity contribution < 1.29 is 20.1 Å². The largest absolute Gasteiger partial charge is 0.507 e. The van der Waals surface area contributed by atoms with Crippen LogP contribution in [-0.2, 0) is 0 Å². The summed E-state index contributed by atoms with van der Waals surface area (Å²) in [7, 11) is 0. The molecular formula is C21H26O4. The molecule has 0 saturated carbocycles. The molecule has 1 aliphatic carbocycles. The van der Waals surface area contributed by atoms with Crippen molar-refractivity contribution >= 4 is 12.0 Å². The second-order valence-electron chi connectivity index (χ2n) is 6.77. The zero-order valence-corrected chi connectivity index (χ0v) is 15.0. The van der Waals surface area contributed by atoms with Crippen molar-refractivity contribution in [2.24, 2.45) is 5.92 Å². The monoisotopic (exact) mass is 342 g/mol. The summed E-state index contributed by atoms with van der Waals surface area (Å²) < 4.78 is 0. The number of rotatable bonds is 5. The van der Waals surface area contributed by atoms with E-state index in [2.05, 4.69) is 6.58 Å². The van der Waals surface area contributed by atoms with Crippen molar-refractivity contribution in [1.29, 1.82) is 0 Å². The molecule has 4 nitrogen and oxygen atoms in total. The third-order valence-corrected chi connectivity index (χ3v) is 4.81. The van der Waals surface area contributed by atoms with Gasteiger partial charge in [-0.2, -0.15) is 0 Å². The van der Waals surface area contributed by atoms with E-state index in [9.17, 15) is 20.1 Å². The predicted molar refractivity (Wildman–Crippen MR) is 100 cm³/mol. The van der Waals surface area contributed by atoms with Gasteiger partial charge in [-0.3, -0.25) is 0 Å². The van der Waals surface area contributed by atoms with E-state index in [-0.39, 0.29) is 34.5 Å². The maximum atomic E-state index is 11.7. The number of allylic oxidation sites excluding steroid dienone is 4. The topological polar surface area (TPSA) is 77.8 Å². The van der Waals surface area contributed by atoms with Crippen LogP contribution in [0, 0.1) is 5.92 Å². The number of phenolic OH excluding ortho intramolecular Hbond substituents is 1. The van der Waals surface area contributed by atoms with E-state index in [0.29, 0.717) is 5.56 Å². The lowest BCUT2D eigenvalue weighted by molar-refractivity contribution is 0.0693. The summed E-state index contributed by atoms with van der Waals surface area (Å²) in [6, 6.07) is 1.43. The first-order valence-corrected chi connectivity index (χ1v) is 8.59. The molecule has 0 fully saturated rings. The first-order valence-electron chi connectivity index (χ1n) is 8.59. The third-order valence-electron chi connectivity index (χ3n) is 4.81. The SMILES string of the molecule is C=C(C)[C@@H]1CCC(C)=C[C@H]1c1c(O)cc(/C=C/CC)c(C(=O)O)c1O.